The highest BCUT2D eigenvalue weighted by Crippen LogP contribution is 2.11. The van der Waals surface area contributed by atoms with E-state index in [1.54, 1.807) is 0 Å². The van der Waals surface area contributed by atoms with Crippen LogP contribution in [-0.2, 0) is 30.5 Å². The number of methoxy groups -OCH3 is 1. The predicted molar refractivity (Wildman–Crippen MR) is 72.2 cm³/mol. The molecule has 1 heterocycles. The molecule has 0 amide bonds. The summed E-state index contributed by atoms with van der Waals surface area (Å²) in [5.41, 5.74) is 0. The molecule has 0 radical (unpaired) electrons. The molecule has 0 spiro atoms. The number of nitrogens with one attached hydrogen (secondary N) is 1. The van der Waals surface area contributed by atoms with E-state index < -0.39 is 27.0 Å². The van der Waals surface area contributed by atoms with Gasteiger partial charge < -0.3 is 4.74 Å². The molecule has 112 valence electrons. The van der Waals surface area contributed by atoms with E-state index in [4.69, 9.17) is 0 Å². The van der Waals surface area contributed by atoms with Crippen molar-refractivity contribution >= 4 is 27.0 Å². The van der Waals surface area contributed by atoms with Gasteiger partial charge in [0.2, 0.25) is 0 Å². The highest BCUT2D eigenvalue weighted by atomic mass is 32.2. The molecule has 0 bridgehead atoms. The molecule has 0 atom stereocenters. The van der Waals surface area contributed by atoms with Crippen molar-refractivity contribution in [2.45, 2.75) is 25.3 Å². The van der Waals surface area contributed by atoms with Crippen molar-refractivity contribution in [1.29, 1.82) is 0 Å². The summed E-state index contributed by atoms with van der Waals surface area (Å²) in [6.07, 6.45) is 1.18. The second-order valence-corrected chi connectivity index (χ2v) is 7.90. The number of rotatable bonds is 6. The zero-order chi connectivity index (χ0) is 14.5. The van der Waals surface area contributed by atoms with E-state index in [1.165, 1.54) is 14.2 Å². The molecule has 1 saturated heterocycles. The number of hydrogen-bond acceptors (Lipinski definition) is 5. The molecule has 19 heavy (non-hydrogen) atoms. The quantitative estimate of drug-likeness (QED) is 0.650. The lowest BCUT2D eigenvalue weighted by Gasteiger charge is -2.25. The summed E-state index contributed by atoms with van der Waals surface area (Å²) in [5.74, 6) is 0.605. The van der Waals surface area contributed by atoms with Crippen molar-refractivity contribution in [3.8, 4) is 0 Å². The molecule has 0 aromatic heterocycles. The summed E-state index contributed by atoms with van der Waals surface area (Å²) in [7, 11) is -1.76. The average Bonchev–Trinajstić information content (AvgIpc) is 2.37. The normalized spacial score (nSPS) is 24.4. The second kappa shape index (κ2) is 7.32. The van der Waals surface area contributed by atoms with Gasteiger partial charge in [-0.15, -0.1) is 0 Å². The maximum atomic E-state index is 12.0. The van der Waals surface area contributed by atoms with Crippen LogP contribution in [-0.4, -0.2) is 61.2 Å². The molecule has 1 rings (SSSR count). The zero-order valence-electron chi connectivity index (χ0n) is 11.1. The predicted octanol–water partition coefficient (Wildman–Crippen LogP) is -0.773. The second-order valence-electron chi connectivity index (χ2n) is 4.39. The zero-order valence-corrected chi connectivity index (χ0v) is 12.8. The van der Waals surface area contributed by atoms with Crippen LogP contribution < -0.4 is 4.72 Å². The smallest absolute Gasteiger partial charge is 0.306 e. The van der Waals surface area contributed by atoms with E-state index >= 15 is 0 Å². The topological polar surface area (TPSA) is 92.8 Å². The highest BCUT2D eigenvalue weighted by Gasteiger charge is 2.25. The molecule has 0 aliphatic carbocycles. The van der Waals surface area contributed by atoms with E-state index in [1.807, 2.05) is 0 Å². The molecule has 0 unspecified atom stereocenters. The van der Waals surface area contributed by atoms with Gasteiger partial charge in [0.25, 0.3) is 10.2 Å². The molecule has 1 N–H and O–H groups in total. The minimum Gasteiger partial charge on any atom is -0.469 e. The average molecular weight is 312 g/mol. The van der Waals surface area contributed by atoms with Crippen LogP contribution in [0, 0.1) is 0 Å². The fourth-order valence-electron chi connectivity index (χ4n) is 1.68. The molecule has 0 aromatic carbocycles. The Labute approximate surface area is 116 Å². The van der Waals surface area contributed by atoms with E-state index in [0.717, 1.165) is 4.31 Å². The van der Waals surface area contributed by atoms with E-state index in [2.05, 4.69) is 9.46 Å². The minimum absolute atomic E-state index is 0.0165. The SMILES string of the molecule is COC(=O)CCN(C)S(=O)(=O)NC1CCS(=O)CC1. The Morgan fingerprint density at radius 3 is 2.53 bits per heavy atom. The molecule has 0 saturated carbocycles. The molecular formula is C10H20N2O5S2. The Kier molecular flexibility index (Phi) is 6.37. The summed E-state index contributed by atoms with van der Waals surface area (Å²) in [6, 6.07) is -0.178. The van der Waals surface area contributed by atoms with Crippen molar-refractivity contribution in [2.24, 2.45) is 0 Å². The number of hydrogen-bond donors (Lipinski definition) is 1. The Hall–Kier alpha value is -0.510. The van der Waals surface area contributed by atoms with Crippen LogP contribution in [0.4, 0.5) is 0 Å². The Morgan fingerprint density at radius 1 is 1.42 bits per heavy atom. The van der Waals surface area contributed by atoms with Crippen LogP contribution in [0.1, 0.15) is 19.3 Å². The van der Waals surface area contributed by atoms with Crippen molar-refractivity contribution in [3.05, 3.63) is 0 Å². The summed E-state index contributed by atoms with van der Waals surface area (Å²) < 4.78 is 43.2. The van der Waals surface area contributed by atoms with Gasteiger partial charge in [0, 0.05) is 41.9 Å². The van der Waals surface area contributed by atoms with Crippen molar-refractivity contribution < 1.29 is 22.2 Å². The van der Waals surface area contributed by atoms with Gasteiger partial charge in [-0.25, -0.2) is 0 Å². The number of esters is 1. The summed E-state index contributed by atoms with van der Waals surface area (Å²) in [6.45, 7) is 0.0701. The minimum atomic E-state index is -3.60. The highest BCUT2D eigenvalue weighted by molar-refractivity contribution is 7.87. The number of carbonyl (C=O) groups excluding carboxylic acids is 1. The van der Waals surface area contributed by atoms with Crippen LogP contribution in [0.5, 0.6) is 0 Å². The lowest BCUT2D eigenvalue weighted by Crippen LogP contribution is -2.46. The summed E-state index contributed by atoms with van der Waals surface area (Å²) >= 11 is 0. The van der Waals surface area contributed by atoms with E-state index in [0.29, 0.717) is 24.3 Å². The third kappa shape index (κ3) is 5.55. The van der Waals surface area contributed by atoms with Crippen molar-refractivity contribution in [2.75, 3.05) is 32.2 Å². The monoisotopic (exact) mass is 312 g/mol. The largest absolute Gasteiger partial charge is 0.469 e. The third-order valence-corrected chi connectivity index (χ3v) is 5.99. The lowest BCUT2D eigenvalue weighted by molar-refractivity contribution is -0.140. The van der Waals surface area contributed by atoms with Crippen LogP contribution in [0.3, 0.4) is 0 Å². The lowest BCUT2D eigenvalue weighted by atomic mass is 10.2. The molecule has 1 aliphatic heterocycles. The van der Waals surface area contributed by atoms with Crippen LogP contribution >= 0.6 is 0 Å². The van der Waals surface area contributed by atoms with Crippen LogP contribution in [0.2, 0.25) is 0 Å². The fraction of sp³-hybridized carbons (Fsp3) is 0.900. The van der Waals surface area contributed by atoms with Crippen molar-refractivity contribution in [1.82, 2.24) is 9.03 Å². The summed E-state index contributed by atoms with van der Waals surface area (Å²) in [4.78, 5) is 11.0. The van der Waals surface area contributed by atoms with Crippen LogP contribution in [0.15, 0.2) is 0 Å². The Bertz CT molecular complexity index is 427. The standard InChI is InChI=1S/C10H20N2O5S2/c1-12(6-3-10(13)17-2)19(15,16)11-9-4-7-18(14)8-5-9/h9,11H,3-8H2,1-2H3. The Morgan fingerprint density at radius 2 is 2.00 bits per heavy atom. The van der Waals surface area contributed by atoms with Gasteiger partial charge in [-0.1, -0.05) is 0 Å². The van der Waals surface area contributed by atoms with Crippen molar-refractivity contribution in [3.63, 3.8) is 0 Å². The van der Waals surface area contributed by atoms with Crippen LogP contribution in [0.25, 0.3) is 0 Å². The first-order valence-electron chi connectivity index (χ1n) is 6.00. The van der Waals surface area contributed by atoms with Gasteiger partial charge in [-0.05, 0) is 12.8 Å². The number of nitrogens with zero attached hydrogens (tertiary/aromatic N) is 1. The Balaban J connectivity index is 2.46. The van der Waals surface area contributed by atoms with E-state index in [9.17, 15) is 17.4 Å². The molecule has 9 heteroatoms. The first-order chi connectivity index (χ1) is 8.85. The maximum absolute atomic E-state index is 12.0. The third-order valence-electron chi connectivity index (χ3n) is 2.97. The van der Waals surface area contributed by atoms with Gasteiger partial charge in [-0.3, -0.25) is 9.00 Å². The van der Waals surface area contributed by atoms with Gasteiger partial charge in [0.15, 0.2) is 0 Å². The molecule has 1 fully saturated rings. The molecular weight excluding hydrogens is 292 g/mol. The first kappa shape index (κ1) is 16.5. The summed E-state index contributed by atoms with van der Waals surface area (Å²) in [5, 5.41) is 0. The number of carbonyl (C=O) groups is 1. The van der Waals surface area contributed by atoms with Gasteiger partial charge >= 0.3 is 5.97 Å². The van der Waals surface area contributed by atoms with Gasteiger partial charge in [0.1, 0.15) is 0 Å². The fourth-order valence-corrected chi connectivity index (χ4v) is 4.15. The van der Waals surface area contributed by atoms with Gasteiger partial charge in [0.05, 0.1) is 13.5 Å². The molecule has 1 aliphatic rings. The molecule has 0 aromatic rings. The first-order valence-corrected chi connectivity index (χ1v) is 8.93. The van der Waals surface area contributed by atoms with E-state index in [-0.39, 0.29) is 19.0 Å². The molecule has 7 nitrogen and oxygen atoms in total. The maximum Gasteiger partial charge on any atom is 0.306 e. The van der Waals surface area contributed by atoms with Gasteiger partial charge in [-0.2, -0.15) is 17.4 Å². The number of ether oxygens (including phenoxy) is 1.